The van der Waals surface area contributed by atoms with Crippen LogP contribution in [0, 0.1) is 0 Å². The molecule has 3 aromatic rings. The normalized spacial score (nSPS) is 17.3. The quantitative estimate of drug-likeness (QED) is 0.587. The van der Waals surface area contributed by atoms with Crippen LogP contribution in [0.5, 0.6) is 5.75 Å². The molecule has 2 aliphatic heterocycles. The Morgan fingerprint density at radius 1 is 1.09 bits per heavy atom. The number of aromatic nitrogens is 1. The maximum atomic E-state index is 13.0. The van der Waals surface area contributed by atoms with Crippen molar-refractivity contribution in [1.29, 1.82) is 0 Å². The standard InChI is InChI=1S/C23H19F3N2O4/c24-23(25,26)16-2-3-18-20(11-16)32-27-21(18)13-5-7-28(8-6-13)22(30)14-1-4-19-15(9-14)10-17(29)12-31-19/h1-4,9,11,13H,5-8,10,12H2. The van der Waals surface area contributed by atoms with E-state index in [1.807, 2.05) is 0 Å². The fourth-order valence-corrected chi connectivity index (χ4v) is 4.38. The molecule has 6 nitrogen and oxygen atoms in total. The summed E-state index contributed by atoms with van der Waals surface area (Å²) < 4.78 is 49.3. The predicted molar refractivity (Wildman–Crippen MR) is 108 cm³/mol. The van der Waals surface area contributed by atoms with Crippen molar-refractivity contribution < 1.29 is 32.0 Å². The fraction of sp³-hybridized carbons (Fsp3) is 0.348. The number of hydrogen-bond acceptors (Lipinski definition) is 5. The van der Waals surface area contributed by atoms with E-state index in [4.69, 9.17) is 9.26 Å². The number of amides is 1. The molecule has 9 heteroatoms. The molecule has 1 amide bonds. The van der Waals surface area contributed by atoms with Crippen molar-refractivity contribution in [2.45, 2.75) is 31.4 Å². The molecule has 2 aromatic carbocycles. The number of hydrogen-bond donors (Lipinski definition) is 0. The van der Waals surface area contributed by atoms with Crippen LogP contribution in [0.15, 0.2) is 40.9 Å². The van der Waals surface area contributed by atoms with Gasteiger partial charge in [-0.1, -0.05) is 5.16 Å². The molecule has 5 rings (SSSR count). The lowest BCUT2D eigenvalue weighted by Gasteiger charge is -2.31. The first kappa shape index (κ1) is 20.5. The Kier molecular flexibility index (Phi) is 4.91. The van der Waals surface area contributed by atoms with Crippen LogP contribution < -0.4 is 4.74 Å². The van der Waals surface area contributed by atoms with Crippen LogP contribution in [0.3, 0.4) is 0 Å². The number of ketones is 1. The van der Waals surface area contributed by atoms with Gasteiger partial charge in [-0.15, -0.1) is 0 Å². The lowest BCUT2D eigenvalue weighted by Crippen LogP contribution is -2.38. The van der Waals surface area contributed by atoms with Crippen molar-refractivity contribution in [3.63, 3.8) is 0 Å². The molecule has 0 bridgehead atoms. The Hall–Kier alpha value is -3.36. The number of ether oxygens (including phenoxy) is 1. The lowest BCUT2D eigenvalue weighted by atomic mass is 9.91. The summed E-state index contributed by atoms with van der Waals surface area (Å²) in [5.74, 6) is 0.479. The average Bonchev–Trinajstić information content (AvgIpc) is 3.21. The van der Waals surface area contributed by atoms with E-state index in [1.165, 1.54) is 6.07 Å². The first-order chi connectivity index (χ1) is 15.3. The second kappa shape index (κ2) is 7.65. The summed E-state index contributed by atoms with van der Waals surface area (Å²) in [6, 6.07) is 8.54. The molecule has 166 valence electrons. The van der Waals surface area contributed by atoms with Gasteiger partial charge in [-0.2, -0.15) is 13.2 Å². The Balaban J connectivity index is 1.29. The minimum atomic E-state index is -4.44. The van der Waals surface area contributed by atoms with Crippen LogP contribution in [0.2, 0.25) is 0 Å². The van der Waals surface area contributed by atoms with Gasteiger partial charge in [0.2, 0.25) is 0 Å². The molecule has 32 heavy (non-hydrogen) atoms. The highest BCUT2D eigenvalue weighted by atomic mass is 19.4. The number of carbonyl (C=O) groups is 2. The summed E-state index contributed by atoms with van der Waals surface area (Å²) in [6.45, 7) is 1.04. The molecule has 0 saturated carbocycles. The molecule has 0 N–H and O–H groups in total. The molecule has 0 aliphatic carbocycles. The molecule has 3 heterocycles. The Labute approximate surface area is 180 Å². The largest absolute Gasteiger partial charge is 0.486 e. The Morgan fingerprint density at radius 3 is 2.62 bits per heavy atom. The van der Waals surface area contributed by atoms with Gasteiger partial charge >= 0.3 is 6.18 Å². The van der Waals surface area contributed by atoms with Gasteiger partial charge in [0.25, 0.3) is 5.91 Å². The first-order valence-corrected chi connectivity index (χ1v) is 10.3. The van der Waals surface area contributed by atoms with Gasteiger partial charge in [-0.3, -0.25) is 9.59 Å². The van der Waals surface area contributed by atoms with Gasteiger partial charge in [0.15, 0.2) is 11.4 Å². The van der Waals surface area contributed by atoms with Crippen LogP contribution in [-0.2, 0) is 17.4 Å². The number of fused-ring (bicyclic) bond motifs is 2. The summed E-state index contributed by atoms with van der Waals surface area (Å²) in [5, 5.41) is 4.61. The van der Waals surface area contributed by atoms with Crippen molar-refractivity contribution in [3.05, 3.63) is 58.8 Å². The molecule has 0 radical (unpaired) electrons. The topological polar surface area (TPSA) is 72.6 Å². The molecular weight excluding hydrogens is 425 g/mol. The predicted octanol–water partition coefficient (Wildman–Crippen LogP) is 4.37. The summed E-state index contributed by atoms with van der Waals surface area (Å²) in [6.07, 6.45) is -2.93. The van der Waals surface area contributed by atoms with Crippen LogP contribution in [-0.4, -0.2) is 41.4 Å². The van der Waals surface area contributed by atoms with Crippen molar-refractivity contribution in [2.75, 3.05) is 19.7 Å². The van der Waals surface area contributed by atoms with Gasteiger partial charge in [0.05, 0.1) is 11.3 Å². The number of rotatable bonds is 2. The highest BCUT2D eigenvalue weighted by molar-refractivity contribution is 5.95. The zero-order chi connectivity index (χ0) is 22.5. The Bertz CT molecular complexity index is 1210. The van der Waals surface area contributed by atoms with E-state index in [0.717, 1.165) is 12.1 Å². The second-order valence-corrected chi connectivity index (χ2v) is 8.17. The molecular formula is C23H19F3N2O4. The van der Waals surface area contributed by atoms with E-state index >= 15 is 0 Å². The van der Waals surface area contributed by atoms with Crippen molar-refractivity contribution in [1.82, 2.24) is 10.1 Å². The van der Waals surface area contributed by atoms with E-state index in [2.05, 4.69) is 5.16 Å². The number of alkyl halides is 3. The van der Waals surface area contributed by atoms with Crippen molar-refractivity contribution in [2.24, 2.45) is 0 Å². The second-order valence-electron chi connectivity index (χ2n) is 8.17. The number of piperidine rings is 1. The molecule has 0 atom stereocenters. The summed E-state index contributed by atoms with van der Waals surface area (Å²) in [5.41, 5.74) is 1.19. The van der Waals surface area contributed by atoms with Gasteiger partial charge in [-0.05, 0) is 49.2 Å². The highest BCUT2D eigenvalue weighted by Gasteiger charge is 2.33. The van der Waals surface area contributed by atoms with Crippen LogP contribution >= 0.6 is 0 Å². The Morgan fingerprint density at radius 2 is 1.88 bits per heavy atom. The summed E-state index contributed by atoms with van der Waals surface area (Å²) >= 11 is 0. The third-order valence-corrected chi connectivity index (χ3v) is 6.08. The zero-order valence-corrected chi connectivity index (χ0v) is 16.9. The van der Waals surface area contributed by atoms with Crippen molar-refractivity contribution in [3.8, 4) is 5.75 Å². The fourth-order valence-electron chi connectivity index (χ4n) is 4.38. The van der Waals surface area contributed by atoms with Crippen molar-refractivity contribution >= 4 is 22.7 Å². The molecule has 1 aromatic heterocycles. The molecule has 1 saturated heterocycles. The number of halogens is 3. The van der Waals surface area contributed by atoms with E-state index in [1.54, 1.807) is 23.1 Å². The van der Waals surface area contributed by atoms with Gasteiger partial charge < -0.3 is 14.2 Å². The molecule has 2 aliphatic rings. The summed E-state index contributed by atoms with van der Waals surface area (Å²) in [7, 11) is 0. The van der Waals surface area contributed by atoms with Gasteiger partial charge in [-0.25, -0.2) is 0 Å². The lowest BCUT2D eigenvalue weighted by molar-refractivity contribution is -0.137. The monoisotopic (exact) mass is 444 g/mol. The highest BCUT2D eigenvalue weighted by Crippen LogP contribution is 2.36. The number of benzene rings is 2. The number of carbonyl (C=O) groups excluding carboxylic acids is 2. The smallest absolute Gasteiger partial charge is 0.416 e. The molecule has 0 spiro atoms. The number of nitrogens with zero attached hydrogens (tertiary/aromatic N) is 2. The zero-order valence-electron chi connectivity index (χ0n) is 16.9. The van der Waals surface area contributed by atoms with Crippen LogP contribution in [0.1, 0.15) is 45.9 Å². The number of likely N-dealkylation sites (tertiary alicyclic amines) is 1. The molecule has 1 fully saturated rings. The third-order valence-electron chi connectivity index (χ3n) is 6.08. The van der Waals surface area contributed by atoms with E-state index in [0.29, 0.717) is 53.9 Å². The maximum Gasteiger partial charge on any atom is 0.416 e. The third kappa shape index (κ3) is 3.72. The maximum absolute atomic E-state index is 13.0. The van der Waals surface area contributed by atoms with E-state index in [9.17, 15) is 22.8 Å². The minimum absolute atomic E-state index is 0.00779. The van der Waals surface area contributed by atoms with Crippen LogP contribution in [0.25, 0.3) is 11.0 Å². The van der Waals surface area contributed by atoms with Gasteiger partial charge in [0.1, 0.15) is 12.4 Å². The first-order valence-electron chi connectivity index (χ1n) is 10.3. The van der Waals surface area contributed by atoms with E-state index in [-0.39, 0.29) is 36.2 Å². The van der Waals surface area contributed by atoms with Crippen LogP contribution in [0.4, 0.5) is 13.2 Å². The average molecular weight is 444 g/mol. The molecule has 0 unspecified atom stereocenters. The van der Waals surface area contributed by atoms with E-state index < -0.39 is 11.7 Å². The SMILES string of the molecule is O=C1COc2ccc(C(=O)N3CCC(c4noc5cc(C(F)(F)F)ccc45)CC3)cc2C1. The minimum Gasteiger partial charge on any atom is -0.486 e. The van der Waals surface area contributed by atoms with Gasteiger partial charge in [0, 0.05) is 41.9 Å². The summed E-state index contributed by atoms with van der Waals surface area (Å²) in [4.78, 5) is 26.3. The number of Topliss-reactive ketones (excluding diaryl/α,β-unsaturated/α-hetero) is 1.